The fraction of sp³-hybridized carbons (Fsp3) is 0.111. The summed E-state index contributed by atoms with van der Waals surface area (Å²) in [6.45, 7) is 0. The van der Waals surface area contributed by atoms with Gasteiger partial charge in [0.2, 0.25) is 5.91 Å². The van der Waals surface area contributed by atoms with Crippen molar-refractivity contribution in [3.63, 3.8) is 0 Å². The Balaban J connectivity index is 2.38. The van der Waals surface area contributed by atoms with Gasteiger partial charge in [0.05, 0.1) is 10.7 Å². The number of nitrogens with one attached hydrogen (secondary N) is 1. The smallest absolute Gasteiger partial charge is 0.255 e. The second-order valence-electron chi connectivity index (χ2n) is 3.04. The van der Waals surface area contributed by atoms with E-state index >= 15 is 0 Å². The molecule has 2 rings (SSSR count). The van der Waals surface area contributed by atoms with Gasteiger partial charge in [-0.2, -0.15) is 0 Å². The normalized spacial score (nSPS) is 15.7. The number of hydrogen-bond acceptors (Lipinski definition) is 2. The summed E-state index contributed by atoms with van der Waals surface area (Å²) >= 11 is 11.6. The van der Waals surface area contributed by atoms with Crippen molar-refractivity contribution >= 4 is 40.7 Å². The van der Waals surface area contributed by atoms with Crippen molar-refractivity contribution in [1.82, 2.24) is 5.43 Å². The third kappa shape index (κ3) is 1.91. The molecule has 78 valence electrons. The molecule has 6 heteroatoms. The number of amides is 2. The highest BCUT2D eigenvalue weighted by atomic mass is 35.5. The Hall–Kier alpha value is -1.26. The number of carbonyl (C=O) groups is 2. The molecule has 2 amide bonds. The van der Waals surface area contributed by atoms with Gasteiger partial charge in [-0.25, -0.2) is 5.01 Å². The highest BCUT2D eigenvalue weighted by Gasteiger charge is 2.29. The van der Waals surface area contributed by atoms with Crippen LogP contribution in [0.15, 0.2) is 18.2 Å². The van der Waals surface area contributed by atoms with Gasteiger partial charge in [-0.3, -0.25) is 15.0 Å². The molecule has 0 aromatic heterocycles. The Morgan fingerprint density at radius 1 is 1.27 bits per heavy atom. The van der Waals surface area contributed by atoms with E-state index < -0.39 is 0 Å². The summed E-state index contributed by atoms with van der Waals surface area (Å²) in [6.07, 6.45) is -0.154. The zero-order chi connectivity index (χ0) is 11.0. The molecular formula is C9H6Cl2N2O2. The van der Waals surface area contributed by atoms with Crippen LogP contribution in [0.2, 0.25) is 10.0 Å². The maximum Gasteiger partial charge on any atom is 0.255 e. The van der Waals surface area contributed by atoms with Gasteiger partial charge in [-0.1, -0.05) is 23.2 Å². The third-order valence-electron chi connectivity index (χ3n) is 1.95. The largest absolute Gasteiger partial charge is 0.273 e. The van der Waals surface area contributed by atoms with Crippen LogP contribution >= 0.6 is 23.2 Å². The van der Waals surface area contributed by atoms with Crippen LogP contribution in [0.25, 0.3) is 0 Å². The highest BCUT2D eigenvalue weighted by molar-refractivity contribution is 6.37. The predicted molar refractivity (Wildman–Crippen MR) is 56.7 cm³/mol. The van der Waals surface area contributed by atoms with Crippen LogP contribution < -0.4 is 10.4 Å². The standard InChI is InChI=1S/C9H6Cl2N2O2/c10-5-1-2-7(6(11)3-5)13-9(15)4-8(14)12-13/h1-3H,4H2,(H,12,14). The minimum atomic E-state index is -0.342. The van der Waals surface area contributed by atoms with Crippen LogP contribution in [0.4, 0.5) is 5.69 Å². The molecule has 15 heavy (non-hydrogen) atoms. The monoisotopic (exact) mass is 244 g/mol. The molecule has 0 spiro atoms. The molecule has 0 bridgehead atoms. The van der Waals surface area contributed by atoms with Crippen molar-refractivity contribution in [2.24, 2.45) is 0 Å². The lowest BCUT2D eigenvalue weighted by molar-refractivity contribution is -0.122. The maximum atomic E-state index is 11.4. The highest BCUT2D eigenvalue weighted by Crippen LogP contribution is 2.29. The van der Waals surface area contributed by atoms with Crippen LogP contribution in [0.1, 0.15) is 6.42 Å². The second-order valence-corrected chi connectivity index (χ2v) is 3.88. The van der Waals surface area contributed by atoms with E-state index in [2.05, 4.69) is 5.43 Å². The summed E-state index contributed by atoms with van der Waals surface area (Å²) < 4.78 is 0. The fourth-order valence-electron chi connectivity index (χ4n) is 1.30. The van der Waals surface area contributed by atoms with Gasteiger partial charge >= 0.3 is 0 Å². The van der Waals surface area contributed by atoms with Crippen molar-refractivity contribution in [3.05, 3.63) is 28.2 Å². The molecule has 1 aromatic rings. The molecule has 1 saturated heterocycles. The first-order chi connectivity index (χ1) is 7.08. The van der Waals surface area contributed by atoms with Crippen LogP contribution in [-0.2, 0) is 9.59 Å². The summed E-state index contributed by atoms with van der Waals surface area (Å²) in [5.41, 5.74) is 2.83. The van der Waals surface area contributed by atoms with Gasteiger partial charge in [0.1, 0.15) is 6.42 Å². The van der Waals surface area contributed by atoms with Gasteiger partial charge in [0.15, 0.2) is 0 Å². The first-order valence-corrected chi connectivity index (χ1v) is 4.91. The second kappa shape index (κ2) is 3.72. The fourth-order valence-corrected chi connectivity index (χ4v) is 1.79. The average Bonchev–Trinajstić information content (AvgIpc) is 2.45. The van der Waals surface area contributed by atoms with E-state index in [-0.39, 0.29) is 18.2 Å². The Kier molecular flexibility index (Phi) is 2.54. The lowest BCUT2D eigenvalue weighted by Crippen LogP contribution is -2.35. The molecule has 1 heterocycles. The summed E-state index contributed by atoms with van der Waals surface area (Å²) in [6, 6.07) is 4.69. The topological polar surface area (TPSA) is 49.4 Å². The molecule has 4 nitrogen and oxygen atoms in total. The number of nitrogens with zero attached hydrogens (tertiary/aromatic N) is 1. The number of carbonyl (C=O) groups excluding carboxylic acids is 2. The first kappa shape index (κ1) is 10.3. The van der Waals surface area contributed by atoms with Gasteiger partial charge in [0.25, 0.3) is 5.91 Å². The average molecular weight is 245 g/mol. The molecule has 1 aliphatic rings. The maximum absolute atomic E-state index is 11.4. The summed E-state index contributed by atoms with van der Waals surface area (Å²) in [7, 11) is 0. The van der Waals surface area contributed by atoms with Crippen LogP contribution in [0.3, 0.4) is 0 Å². The SMILES string of the molecule is O=C1CC(=O)N(c2ccc(Cl)cc2Cl)N1. The van der Waals surface area contributed by atoms with E-state index in [9.17, 15) is 9.59 Å². The predicted octanol–water partition coefficient (Wildman–Crippen LogP) is 1.76. The minimum absolute atomic E-state index is 0.154. The number of hydrazine groups is 1. The molecule has 0 saturated carbocycles. The van der Waals surface area contributed by atoms with Crippen molar-refractivity contribution in [1.29, 1.82) is 0 Å². The first-order valence-electron chi connectivity index (χ1n) is 4.15. The zero-order valence-corrected chi connectivity index (χ0v) is 8.97. The molecule has 0 aliphatic carbocycles. The van der Waals surface area contributed by atoms with E-state index in [1.807, 2.05) is 0 Å². The summed E-state index contributed by atoms with van der Waals surface area (Å²) in [5, 5.41) is 1.92. The third-order valence-corrected chi connectivity index (χ3v) is 2.49. The Bertz CT molecular complexity index is 448. The molecule has 1 aromatic carbocycles. The number of benzene rings is 1. The quantitative estimate of drug-likeness (QED) is 0.766. The van der Waals surface area contributed by atoms with Gasteiger partial charge in [-0.05, 0) is 18.2 Å². The number of hydrogen-bond donors (Lipinski definition) is 1. The van der Waals surface area contributed by atoms with Crippen LogP contribution in [0.5, 0.6) is 0 Å². The van der Waals surface area contributed by atoms with Crippen molar-refractivity contribution in [2.45, 2.75) is 6.42 Å². The minimum Gasteiger partial charge on any atom is -0.273 e. The zero-order valence-electron chi connectivity index (χ0n) is 7.46. The van der Waals surface area contributed by atoms with Crippen LogP contribution in [-0.4, -0.2) is 11.8 Å². The van der Waals surface area contributed by atoms with E-state index in [0.29, 0.717) is 15.7 Å². The Labute approximate surface area is 95.7 Å². The molecular weight excluding hydrogens is 239 g/mol. The number of halogens is 2. The number of rotatable bonds is 1. The Morgan fingerprint density at radius 2 is 2.00 bits per heavy atom. The van der Waals surface area contributed by atoms with Crippen molar-refractivity contribution in [2.75, 3.05) is 5.01 Å². The Morgan fingerprint density at radius 3 is 2.53 bits per heavy atom. The lowest BCUT2D eigenvalue weighted by Gasteiger charge is -2.16. The molecule has 1 aliphatic heterocycles. The lowest BCUT2D eigenvalue weighted by atomic mass is 10.3. The van der Waals surface area contributed by atoms with Gasteiger partial charge in [0, 0.05) is 5.02 Å². The summed E-state index contributed by atoms with van der Waals surface area (Å²) in [4.78, 5) is 22.3. The van der Waals surface area contributed by atoms with Gasteiger partial charge in [-0.15, -0.1) is 0 Å². The number of anilines is 1. The molecule has 0 unspecified atom stereocenters. The van der Waals surface area contributed by atoms with E-state index in [1.165, 1.54) is 6.07 Å². The van der Waals surface area contributed by atoms with Crippen LogP contribution in [0, 0.1) is 0 Å². The molecule has 1 fully saturated rings. The van der Waals surface area contributed by atoms with E-state index in [4.69, 9.17) is 23.2 Å². The van der Waals surface area contributed by atoms with Gasteiger partial charge < -0.3 is 0 Å². The molecule has 0 radical (unpaired) electrons. The molecule has 0 atom stereocenters. The van der Waals surface area contributed by atoms with Crippen molar-refractivity contribution < 1.29 is 9.59 Å². The van der Waals surface area contributed by atoms with E-state index in [0.717, 1.165) is 5.01 Å². The molecule has 1 N–H and O–H groups in total. The summed E-state index contributed by atoms with van der Waals surface area (Å²) in [5.74, 6) is -0.671. The van der Waals surface area contributed by atoms with E-state index in [1.54, 1.807) is 12.1 Å². The van der Waals surface area contributed by atoms with Crippen molar-refractivity contribution in [3.8, 4) is 0 Å².